The van der Waals surface area contributed by atoms with Crippen LogP contribution in [0.3, 0.4) is 0 Å². The summed E-state index contributed by atoms with van der Waals surface area (Å²) in [5.41, 5.74) is 7.80. The molecule has 0 aromatic heterocycles. The quantitative estimate of drug-likeness (QED) is 0.724. The number of aryl methyl sites for hydroxylation is 1. The zero-order valence-corrected chi connectivity index (χ0v) is 15.2. The number of para-hydroxylation sites is 1. The van der Waals surface area contributed by atoms with E-state index in [1.54, 1.807) is 0 Å². The summed E-state index contributed by atoms with van der Waals surface area (Å²) in [4.78, 5) is 14.7. The molecule has 0 radical (unpaired) electrons. The zero-order valence-electron chi connectivity index (χ0n) is 14.3. The van der Waals surface area contributed by atoms with Crippen molar-refractivity contribution in [3.8, 4) is 0 Å². The maximum atomic E-state index is 12.6. The van der Waals surface area contributed by atoms with E-state index in [2.05, 4.69) is 32.6 Å². The summed E-state index contributed by atoms with van der Waals surface area (Å²) in [6.07, 6.45) is 3.29. The average molecular weight is 327 g/mol. The van der Waals surface area contributed by atoms with Crippen molar-refractivity contribution in [2.24, 2.45) is 5.92 Å². The fourth-order valence-corrected chi connectivity index (χ4v) is 2.72. The molecule has 3 nitrogen and oxygen atoms in total. The summed E-state index contributed by atoms with van der Waals surface area (Å²) in [6.45, 7) is 9.49. The number of benzene rings is 1. The molecule has 1 aromatic rings. The lowest BCUT2D eigenvalue weighted by Crippen LogP contribution is -2.42. The maximum Gasteiger partial charge on any atom is 0.223 e. The Bertz CT molecular complexity index is 444. The number of nitrogens with zero attached hydrogens (tertiary/aromatic N) is 1. The summed E-state index contributed by atoms with van der Waals surface area (Å²) in [6, 6.07) is 8.16. The van der Waals surface area contributed by atoms with E-state index >= 15 is 0 Å². The number of nitrogen functional groups attached to an aromatic ring is 1. The van der Waals surface area contributed by atoms with Crippen LogP contribution in [0.15, 0.2) is 24.3 Å². The van der Waals surface area contributed by atoms with E-state index < -0.39 is 0 Å². The Hall–Kier alpha value is -1.22. The Morgan fingerprint density at radius 2 is 1.77 bits per heavy atom. The Kier molecular flexibility index (Phi) is 9.91. The number of nitrogens with two attached hydrogens (primary N) is 1. The molecule has 4 heteroatoms. The molecule has 0 aliphatic carbocycles. The van der Waals surface area contributed by atoms with Gasteiger partial charge in [-0.05, 0) is 36.8 Å². The molecule has 0 atom stereocenters. The minimum absolute atomic E-state index is 0. The van der Waals surface area contributed by atoms with Gasteiger partial charge in [0.05, 0.1) is 0 Å². The lowest BCUT2D eigenvalue weighted by molar-refractivity contribution is -0.134. The van der Waals surface area contributed by atoms with Gasteiger partial charge < -0.3 is 10.6 Å². The van der Waals surface area contributed by atoms with Gasteiger partial charge in [0.25, 0.3) is 0 Å². The minimum atomic E-state index is 0. The summed E-state index contributed by atoms with van der Waals surface area (Å²) in [5.74, 6) is 0.747. The number of rotatable bonds is 8. The van der Waals surface area contributed by atoms with E-state index in [0.717, 1.165) is 37.1 Å². The topological polar surface area (TPSA) is 46.3 Å². The van der Waals surface area contributed by atoms with Crippen molar-refractivity contribution in [2.45, 2.75) is 59.4 Å². The normalized spacial score (nSPS) is 10.6. The first-order valence-electron chi connectivity index (χ1n) is 8.12. The zero-order chi connectivity index (χ0) is 15.8. The molecule has 0 heterocycles. The van der Waals surface area contributed by atoms with Crippen molar-refractivity contribution in [3.63, 3.8) is 0 Å². The highest BCUT2D eigenvalue weighted by Crippen LogP contribution is 2.17. The first kappa shape index (κ1) is 20.8. The van der Waals surface area contributed by atoms with Gasteiger partial charge in [0.1, 0.15) is 0 Å². The maximum absolute atomic E-state index is 12.6. The number of halogens is 1. The first-order valence-corrected chi connectivity index (χ1v) is 8.12. The molecule has 0 unspecified atom stereocenters. The number of anilines is 1. The van der Waals surface area contributed by atoms with Gasteiger partial charge in [-0.3, -0.25) is 4.79 Å². The Balaban J connectivity index is 0.00000441. The van der Waals surface area contributed by atoms with Gasteiger partial charge in [-0.25, -0.2) is 0 Å². The van der Waals surface area contributed by atoms with Crippen molar-refractivity contribution in [1.82, 2.24) is 4.90 Å². The van der Waals surface area contributed by atoms with Crippen LogP contribution >= 0.6 is 12.4 Å². The second kappa shape index (κ2) is 10.5. The van der Waals surface area contributed by atoms with Gasteiger partial charge in [0, 0.05) is 24.7 Å². The number of amides is 1. The molecule has 1 aromatic carbocycles. The molecular formula is C18H31ClN2O. The number of hydrogen-bond acceptors (Lipinski definition) is 2. The van der Waals surface area contributed by atoms with E-state index in [9.17, 15) is 4.79 Å². The van der Waals surface area contributed by atoms with Crippen molar-refractivity contribution in [3.05, 3.63) is 29.8 Å². The van der Waals surface area contributed by atoms with Crippen LogP contribution in [0.1, 0.15) is 52.5 Å². The Labute approximate surface area is 141 Å². The standard InChI is InChI=1S/C18H30N2O.ClH/c1-5-16(6-2)20(13-14(3)4)18(21)12-11-15-9-7-8-10-17(15)19;/h7-10,14,16H,5-6,11-13,19H2,1-4H3;1H. The Morgan fingerprint density at radius 3 is 2.27 bits per heavy atom. The lowest BCUT2D eigenvalue weighted by Gasteiger charge is -2.32. The third kappa shape index (κ3) is 6.27. The molecule has 0 aliphatic rings. The third-order valence-electron chi connectivity index (χ3n) is 3.93. The van der Waals surface area contributed by atoms with E-state index in [4.69, 9.17) is 5.73 Å². The highest BCUT2D eigenvalue weighted by atomic mass is 35.5. The van der Waals surface area contributed by atoms with Gasteiger partial charge in [-0.1, -0.05) is 45.9 Å². The molecule has 126 valence electrons. The lowest BCUT2D eigenvalue weighted by atomic mass is 10.0. The molecule has 0 spiro atoms. The molecule has 0 fully saturated rings. The fraction of sp³-hybridized carbons (Fsp3) is 0.611. The summed E-state index contributed by atoms with van der Waals surface area (Å²) >= 11 is 0. The van der Waals surface area contributed by atoms with Crippen LogP contribution in [0.2, 0.25) is 0 Å². The van der Waals surface area contributed by atoms with Crippen LogP contribution < -0.4 is 5.73 Å². The van der Waals surface area contributed by atoms with Crippen molar-refractivity contribution < 1.29 is 4.79 Å². The predicted molar refractivity (Wildman–Crippen MR) is 97.3 cm³/mol. The summed E-state index contributed by atoms with van der Waals surface area (Å²) in [7, 11) is 0. The highest BCUT2D eigenvalue weighted by Gasteiger charge is 2.21. The first-order chi connectivity index (χ1) is 9.99. The van der Waals surface area contributed by atoms with Crippen LogP contribution in [0.5, 0.6) is 0 Å². The molecular weight excluding hydrogens is 296 g/mol. The van der Waals surface area contributed by atoms with Gasteiger partial charge in [0.2, 0.25) is 5.91 Å². The van der Waals surface area contributed by atoms with Crippen LogP contribution in [-0.4, -0.2) is 23.4 Å². The number of hydrogen-bond donors (Lipinski definition) is 1. The SMILES string of the molecule is CCC(CC)N(CC(C)C)C(=O)CCc1ccccc1N.Cl. The molecule has 1 amide bonds. The summed E-state index contributed by atoms with van der Waals surface area (Å²) < 4.78 is 0. The minimum Gasteiger partial charge on any atom is -0.399 e. The number of carbonyl (C=O) groups excluding carboxylic acids is 1. The van der Waals surface area contributed by atoms with Crippen LogP contribution in [0.25, 0.3) is 0 Å². The van der Waals surface area contributed by atoms with Gasteiger partial charge in [0.15, 0.2) is 0 Å². The Morgan fingerprint density at radius 1 is 1.18 bits per heavy atom. The fourth-order valence-electron chi connectivity index (χ4n) is 2.72. The summed E-state index contributed by atoms with van der Waals surface area (Å²) in [5, 5.41) is 0. The highest BCUT2D eigenvalue weighted by molar-refractivity contribution is 5.85. The van der Waals surface area contributed by atoms with E-state index in [0.29, 0.717) is 18.4 Å². The molecule has 0 saturated carbocycles. The third-order valence-corrected chi connectivity index (χ3v) is 3.93. The van der Waals surface area contributed by atoms with E-state index in [1.807, 2.05) is 24.3 Å². The molecule has 0 aliphatic heterocycles. The molecule has 0 bridgehead atoms. The van der Waals surface area contributed by atoms with Crippen LogP contribution in [-0.2, 0) is 11.2 Å². The van der Waals surface area contributed by atoms with Crippen LogP contribution in [0, 0.1) is 5.92 Å². The van der Waals surface area contributed by atoms with Crippen molar-refractivity contribution in [2.75, 3.05) is 12.3 Å². The second-order valence-corrected chi connectivity index (χ2v) is 6.11. The smallest absolute Gasteiger partial charge is 0.223 e. The van der Waals surface area contributed by atoms with Crippen LogP contribution in [0.4, 0.5) is 5.69 Å². The largest absolute Gasteiger partial charge is 0.399 e. The van der Waals surface area contributed by atoms with Crippen molar-refractivity contribution in [1.29, 1.82) is 0 Å². The van der Waals surface area contributed by atoms with Gasteiger partial charge >= 0.3 is 0 Å². The molecule has 2 N–H and O–H groups in total. The monoisotopic (exact) mass is 326 g/mol. The average Bonchev–Trinajstić information content (AvgIpc) is 2.46. The predicted octanol–water partition coefficient (Wildman–Crippen LogP) is 4.30. The van der Waals surface area contributed by atoms with E-state index in [-0.39, 0.29) is 18.3 Å². The van der Waals surface area contributed by atoms with Gasteiger partial charge in [-0.2, -0.15) is 0 Å². The van der Waals surface area contributed by atoms with Crippen molar-refractivity contribution >= 4 is 24.0 Å². The van der Waals surface area contributed by atoms with E-state index in [1.165, 1.54) is 0 Å². The number of carbonyl (C=O) groups is 1. The second-order valence-electron chi connectivity index (χ2n) is 6.11. The molecule has 22 heavy (non-hydrogen) atoms. The molecule has 0 saturated heterocycles. The van der Waals surface area contributed by atoms with Gasteiger partial charge in [-0.15, -0.1) is 12.4 Å². The molecule has 1 rings (SSSR count).